The molecule has 28 heavy (non-hydrogen) atoms. The zero-order valence-corrected chi connectivity index (χ0v) is 16.6. The number of hydrogen-bond donors (Lipinski definition) is 0. The summed E-state index contributed by atoms with van der Waals surface area (Å²) in [7, 11) is 0. The normalized spacial score (nSPS) is 16.1. The highest BCUT2D eigenvalue weighted by molar-refractivity contribution is 5.85. The number of anilines is 1. The minimum absolute atomic E-state index is 0.414. The van der Waals surface area contributed by atoms with Gasteiger partial charge in [0, 0.05) is 30.4 Å². The van der Waals surface area contributed by atoms with Gasteiger partial charge in [-0.05, 0) is 43.4 Å². The van der Waals surface area contributed by atoms with Crippen molar-refractivity contribution in [2.24, 2.45) is 5.41 Å². The molecule has 4 rings (SSSR count). The smallest absolute Gasteiger partial charge is 0.138 e. The highest BCUT2D eigenvalue weighted by Crippen LogP contribution is 2.34. The van der Waals surface area contributed by atoms with Crippen LogP contribution in [0.25, 0.3) is 16.6 Å². The molecule has 0 atom stereocenters. The minimum atomic E-state index is 0.414. The number of piperidine rings is 1. The summed E-state index contributed by atoms with van der Waals surface area (Å²) in [6.07, 6.45) is 7.63. The van der Waals surface area contributed by atoms with Gasteiger partial charge in [-0.3, -0.25) is 0 Å². The van der Waals surface area contributed by atoms with Crippen molar-refractivity contribution in [2.75, 3.05) is 24.6 Å². The minimum Gasteiger partial charge on any atom is -0.492 e. The highest BCUT2D eigenvalue weighted by atomic mass is 16.5. The van der Waals surface area contributed by atoms with Crippen molar-refractivity contribution < 1.29 is 4.74 Å². The van der Waals surface area contributed by atoms with E-state index in [1.54, 1.807) is 16.9 Å². The van der Waals surface area contributed by atoms with Crippen LogP contribution in [0.1, 0.15) is 39.2 Å². The molecule has 0 spiro atoms. The molecule has 0 N–H and O–H groups in total. The van der Waals surface area contributed by atoms with Gasteiger partial charge < -0.3 is 9.64 Å². The Morgan fingerprint density at radius 2 is 2.00 bits per heavy atom. The molecule has 144 valence electrons. The van der Waals surface area contributed by atoms with Crippen molar-refractivity contribution in [3.05, 3.63) is 42.4 Å². The van der Waals surface area contributed by atoms with E-state index in [4.69, 9.17) is 9.72 Å². The number of hydrogen-bond acceptors (Lipinski definition) is 5. The second-order valence-electron chi connectivity index (χ2n) is 8.04. The molecule has 1 saturated heterocycles. The molecule has 0 aromatic carbocycles. The fraction of sp³-hybridized carbons (Fsp3) is 0.409. The third-order valence-corrected chi connectivity index (χ3v) is 5.52. The van der Waals surface area contributed by atoms with Crippen LogP contribution in [0, 0.1) is 16.7 Å². The van der Waals surface area contributed by atoms with Crippen LogP contribution in [0.2, 0.25) is 0 Å². The number of nitriles is 1. The fourth-order valence-corrected chi connectivity index (χ4v) is 3.72. The van der Waals surface area contributed by atoms with E-state index in [0.717, 1.165) is 41.3 Å². The Balaban J connectivity index is 1.70. The molecule has 6 heteroatoms. The average Bonchev–Trinajstić information content (AvgIpc) is 3.11. The summed E-state index contributed by atoms with van der Waals surface area (Å²) < 4.78 is 7.39. The van der Waals surface area contributed by atoms with Crippen LogP contribution < -0.4 is 9.64 Å². The van der Waals surface area contributed by atoms with Crippen LogP contribution in [0.4, 0.5) is 5.82 Å². The molecule has 6 nitrogen and oxygen atoms in total. The molecule has 0 bridgehead atoms. The Morgan fingerprint density at radius 1 is 1.21 bits per heavy atom. The zero-order chi connectivity index (χ0) is 19.7. The summed E-state index contributed by atoms with van der Waals surface area (Å²) >= 11 is 0. The first-order chi connectivity index (χ1) is 13.5. The standard InChI is InChI=1S/C22H25N5O/c1-4-28-18-11-19(21-17(12-23)14-25-27(21)15-18)16-5-6-20(24-13-16)26-9-7-22(2,3)8-10-26/h5-6,11,13-15H,4,7-10H2,1-3H3. The molecule has 0 radical (unpaired) electrons. The second kappa shape index (κ2) is 7.16. The maximum absolute atomic E-state index is 9.47. The van der Waals surface area contributed by atoms with Crippen LogP contribution in [0.3, 0.4) is 0 Å². The summed E-state index contributed by atoms with van der Waals surface area (Å²) in [5.41, 5.74) is 3.58. The largest absolute Gasteiger partial charge is 0.492 e. The third kappa shape index (κ3) is 3.40. The molecule has 4 heterocycles. The van der Waals surface area contributed by atoms with E-state index < -0.39 is 0 Å². The molecular formula is C22H25N5O. The first-order valence-corrected chi connectivity index (χ1v) is 9.76. The Labute approximate surface area is 165 Å². The monoisotopic (exact) mass is 375 g/mol. The van der Waals surface area contributed by atoms with E-state index in [1.165, 1.54) is 12.8 Å². The van der Waals surface area contributed by atoms with Crippen molar-refractivity contribution in [1.29, 1.82) is 5.26 Å². The summed E-state index contributed by atoms with van der Waals surface area (Å²) in [6, 6.07) is 8.33. The molecular weight excluding hydrogens is 350 g/mol. The first kappa shape index (κ1) is 18.3. The molecule has 1 fully saturated rings. The number of pyridine rings is 2. The number of rotatable bonds is 4. The van der Waals surface area contributed by atoms with Gasteiger partial charge in [0.2, 0.25) is 0 Å². The van der Waals surface area contributed by atoms with E-state index in [0.29, 0.717) is 17.6 Å². The Bertz CT molecular complexity index is 1020. The highest BCUT2D eigenvalue weighted by Gasteiger charge is 2.26. The van der Waals surface area contributed by atoms with E-state index in [9.17, 15) is 5.26 Å². The van der Waals surface area contributed by atoms with Crippen LogP contribution in [0.15, 0.2) is 36.8 Å². The number of ether oxygens (including phenoxy) is 1. The van der Waals surface area contributed by atoms with Gasteiger partial charge in [-0.25, -0.2) is 9.50 Å². The summed E-state index contributed by atoms with van der Waals surface area (Å²) in [5.74, 6) is 1.73. The predicted octanol–water partition coefficient (Wildman–Crippen LogP) is 4.29. The summed E-state index contributed by atoms with van der Waals surface area (Å²) in [4.78, 5) is 7.07. The first-order valence-electron chi connectivity index (χ1n) is 9.76. The molecule has 0 saturated carbocycles. The maximum atomic E-state index is 9.47. The van der Waals surface area contributed by atoms with E-state index in [-0.39, 0.29) is 0 Å². The van der Waals surface area contributed by atoms with E-state index in [1.807, 2.05) is 19.2 Å². The van der Waals surface area contributed by atoms with Gasteiger partial charge in [-0.1, -0.05) is 13.8 Å². The summed E-state index contributed by atoms with van der Waals surface area (Å²) in [6.45, 7) is 9.24. The van der Waals surface area contributed by atoms with Gasteiger partial charge in [0.05, 0.1) is 30.1 Å². The van der Waals surface area contributed by atoms with Crippen LogP contribution in [-0.2, 0) is 0 Å². The van der Waals surface area contributed by atoms with Gasteiger partial charge in [0.15, 0.2) is 0 Å². The van der Waals surface area contributed by atoms with E-state index >= 15 is 0 Å². The SMILES string of the molecule is CCOc1cc(-c2ccc(N3CCC(C)(C)CC3)nc2)c2c(C#N)cnn2c1. The zero-order valence-electron chi connectivity index (χ0n) is 16.6. The molecule has 1 aliphatic heterocycles. The number of aromatic nitrogens is 3. The van der Waals surface area contributed by atoms with Crippen molar-refractivity contribution in [2.45, 2.75) is 33.6 Å². The van der Waals surface area contributed by atoms with Gasteiger partial charge in [-0.2, -0.15) is 10.4 Å². The molecule has 3 aromatic heterocycles. The van der Waals surface area contributed by atoms with Crippen molar-refractivity contribution in [1.82, 2.24) is 14.6 Å². The molecule has 3 aromatic rings. The predicted molar refractivity (Wildman–Crippen MR) is 110 cm³/mol. The Kier molecular flexibility index (Phi) is 4.68. The van der Waals surface area contributed by atoms with Crippen LogP contribution in [-0.4, -0.2) is 34.3 Å². The van der Waals surface area contributed by atoms with Gasteiger partial charge >= 0.3 is 0 Å². The topological polar surface area (TPSA) is 66.5 Å². The Morgan fingerprint density at radius 3 is 2.64 bits per heavy atom. The van der Waals surface area contributed by atoms with Crippen LogP contribution in [0.5, 0.6) is 5.75 Å². The molecule has 0 amide bonds. The molecule has 0 unspecified atom stereocenters. The quantitative estimate of drug-likeness (QED) is 0.680. The van der Waals surface area contributed by atoms with Gasteiger partial charge in [-0.15, -0.1) is 0 Å². The van der Waals surface area contributed by atoms with Crippen molar-refractivity contribution in [3.8, 4) is 22.9 Å². The van der Waals surface area contributed by atoms with Gasteiger partial charge in [0.1, 0.15) is 17.6 Å². The van der Waals surface area contributed by atoms with E-state index in [2.05, 4.69) is 42.0 Å². The lowest BCUT2D eigenvalue weighted by atomic mass is 9.83. The lowest BCUT2D eigenvalue weighted by Crippen LogP contribution is -2.37. The van der Waals surface area contributed by atoms with Crippen molar-refractivity contribution >= 4 is 11.3 Å². The number of fused-ring (bicyclic) bond motifs is 1. The Hall–Kier alpha value is -3.07. The lowest BCUT2D eigenvalue weighted by molar-refractivity contribution is 0.279. The third-order valence-electron chi connectivity index (χ3n) is 5.52. The maximum Gasteiger partial charge on any atom is 0.138 e. The average molecular weight is 375 g/mol. The summed E-state index contributed by atoms with van der Waals surface area (Å²) in [5, 5.41) is 13.8. The van der Waals surface area contributed by atoms with Crippen LogP contribution >= 0.6 is 0 Å². The van der Waals surface area contributed by atoms with Gasteiger partial charge in [0.25, 0.3) is 0 Å². The number of nitrogens with zero attached hydrogens (tertiary/aromatic N) is 5. The van der Waals surface area contributed by atoms with Crippen molar-refractivity contribution in [3.63, 3.8) is 0 Å². The lowest BCUT2D eigenvalue weighted by Gasteiger charge is -2.37. The molecule has 1 aliphatic rings. The second-order valence-corrected chi connectivity index (χ2v) is 8.04. The molecule has 0 aliphatic carbocycles. The fourth-order valence-electron chi connectivity index (χ4n) is 3.72.